The van der Waals surface area contributed by atoms with E-state index in [1.807, 2.05) is 18.2 Å². The fraction of sp³-hybridized carbons (Fsp3) is 0.143. The number of anilines is 1. The van der Waals surface area contributed by atoms with Crippen molar-refractivity contribution in [1.82, 2.24) is 0 Å². The Balaban J connectivity index is 0.00000144. The van der Waals surface area contributed by atoms with Crippen molar-refractivity contribution in [1.29, 1.82) is 0 Å². The molecule has 0 heterocycles. The lowest BCUT2D eigenvalue weighted by atomic mass is 9.96. The highest BCUT2D eigenvalue weighted by Gasteiger charge is 2.08. The number of halogens is 1. The van der Waals surface area contributed by atoms with Gasteiger partial charge in [-0.15, -0.1) is 12.4 Å². The maximum Gasteiger partial charge on any atom is 0.125 e. The van der Waals surface area contributed by atoms with Crippen molar-refractivity contribution in [3.05, 3.63) is 47.5 Å². The smallest absolute Gasteiger partial charge is 0.125 e. The van der Waals surface area contributed by atoms with Gasteiger partial charge in [-0.05, 0) is 42.7 Å². The van der Waals surface area contributed by atoms with Crippen LogP contribution in [0.5, 0.6) is 5.75 Å². The Kier molecular flexibility index (Phi) is 4.02. The predicted octanol–water partition coefficient (Wildman–Crippen LogP) is 3.68. The molecule has 3 N–H and O–H groups in total. The van der Waals surface area contributed by atoms with Crippen LogP contribution in [0.15, 0.2) is 36.4 Å². The number of hydrogen-bond acceptors (Lipinski definition) is 2. The number of rotatable bonds is 1. The zero-order valence-corrected chi connectivity index (χ0v) is 10.7. The normalized spacial score (nSPS) is 9.76. The van der Waals surface area contributed by atoms with Crippen LogP contribution in [0.3, 0.4) is 0 Å². The molecule has 3 heteroatoms. The molecule has 2 aromatic rings. The molecule has 0 radical (unpaired) electrons. The topological polar surface area (TPSA) is 46.2 Å². The maximum absolute atomic E-state index is 9.88. The molecule has 0 saturated heterocycles. The van der Waals surface area contributed by atoms with Gasteiger partial charge in [0.25, 0.3) is 0 Å². The molecule has 0 atom stereocenters. The van der Waals surface area contributed by atoms with Gasteiger partial charge in [-0.25, -0.2) is 0 Å². The number of aromatic hydroxyl groups is 1. The van der Waals surface area contributed by atoms with Crippen molar-refractivity contribution in [2.75, 3.05) is 5.73 Å². The number of nitrogens with two attached hydrogens (primary N) is 1. The highest BCUT2D eigenvalue weighted by atomic mass is 35.5. The van der Waals surface area contributed by atoms with E-state index in [1.165, 1.54) is 11.1 Å². The van der Waals surface area contributed by atoms with Crippen LogP contribution in [0.4, 0.5) is 5.69 Å². The molecule has 0 aliphatic rings. The lowest BCUT2D eigenvalue weighted by Crippen LogP contribution is -1.89. The monoisotopic (exact) mass is 249 g/mol. The Morgan fingerprint density at radius 3 is 2.35 bits per heavy atom. The summed E-state index contributed by atoms with van der Waals surface area (Å²) in [5.41, 5.74) is 10.5. The van der Waals surface area contributed by atoms with Crippen LogP contribution in [0.2, 0.25) is 0 Å². The Bertz CT molecular complexity index is 538. The molecule has 0 saturated carbocycles. The van der Waals surface area contributed by atoms with E-state index in [0.717, 1.165) is 11.1 Å². The van der Waals surface area contributed by atoms with Gasteiger partial charge in [0.05, 0.1) is 0 Å². The molecule has 0 bridgehead atoms. The summed E-state index contributed by atoms with van der Waals surface area (Å²) in [4.78, 5) is 0. The van der Waals surface area contributed by atoms with Crippen molar-refractivity contribution in [3.63, 3.8) is 0 Å². The van der Waals surface area contributed by atoms with Gasteiger partial charge in [0, 0.05) is 17.3 Å². The summed E-state index contributed by atoms with van der Waals surface area (Å²) in [7, 11) is 0. The summed E-state index contributed by atoms with van der Waals surface area (Å²) >= 11 is 0. The Morgan fingerprint density at radius 2 is 1.71 bits per heavy atom. The molecule has 2 rings (SSSR count). The molecule has 0 unspecified atom stereocenters. The van der Waals surface area contributed by atoms with E-state index in [2.05, 4.69) is 19.9 Å². The largest absolute Gasteiger partial charge is 0.507 e. The Hall–Kier alpha value is -1.67. The molecule has 0 aliphatic carbocycles. The third kappa shape index (κ3) is 2.53. The molecule has 2 aromatic carbocycles. The minimum atomic E-state index is 0. The van der Waals surface area contributed by atoms with Gasteiger partial charge >= 0.3 is 0 Å². The maximum atomic E-state index is 9.88. The van der Waals surface area contributed by atoms with Crippen LogP contribution in [-0.4, -0.2) is 5.11 Å². The SMILES string of the molecule is Cc1cccc(-c2ccc(N)cc2O)c1C.Cl. The van der Waals surface area contributed by atoms with Gasteiger partial charge < -0.3 is 10.8 Å². The molecular formula is C14H16ClNO. The fourth-order valence-electron chi connectivity index (χ4n) is 1.82. The molecule has 90 valence electrons. The third-order valence-corrected chi connectivity index (χ3v) is 2.92. The van der Waals surface area contributed by atoms with Crippen molar-refractivity contribution in [2.45, 2.75) is 13.8 Å². The van der Waals surface area contributed by atoms with Crippen molar-refractivity contribution >= 4 is 18.1 Å². The summed E-state index contributed by atoms with van der Waals surface area (Å²) in [6, 6.07) is 11.3. The molecule has 0 aromatic heterocycles. The van der Waals surface area contributed by atoms with Gasteiger partial charge in [-0.3, -0.25) is 0 Å². The molecule has 17 heavy (non-hydrogen) atoms. The first kappa shape index (κ1) is 13.4. The van der Waals surface area contributed by atoms with E-state index in [4.69, 9.17) is 5.73 Å². The van der Waals surface area contributed by atoms with Gasteiger partial charge in [0.1, 0.15) is 5.75 Å². The number of phenols is 1. The predicted molar refractivity (Wildman–Crippen MR) is 74.7 cm³/mol. The van der Waals surface area contributed by atoms with E-state index in [0.29, 0.717) is 5.69 Å². The fourth-order valence-corrected chi connectivity index (χ4v) is 1.82. The average molecular weight is 250 g/mol. The summed E-state index contributed by atoms with van der Waals surface area (Å²) in [6.07, 6.45) is 0. The van der Waals surface area contributed by atoms with E-state index in [9.17, 15) is 5.11 Å². The van der Waals surface area contributed by atoms with Crippen LogP contribution in [-0.2, 0) is 0 Å². The average Bonchev–Trinajstić information content (AvgIpc) is 2.23. The Morgan fingerprint density at radius 1 is 1.00 bits per heavy atom. The van der Waals surface area contributed by atoms with Crippen molar-refractivity contribution in [3.8, 4) is 16.9 Å². The van der Waals surface area contributed by atoms with Gasteiger partial charge in [-0.1, -0.05) is 18.2 Å². The number of hydrogen-bond donors (Lipinski definition) is 2. The zero-order valence-electron chi connectivity index (χ0n) is 9.90. The van der Waals surface area contributed by atoms with E-state index >= 15 is 0 Å². The molecule has 2 nitrogen and oxygen atoms in total. The lowest BCUT2D eigenvalue weighted by Gasteiger charge is -2.10. The van der Waals surface area contributed by atoms with Crippen LogP contribution in [0.1, 0.15) is 11.1 Å². The molecular weight excluding hydrogens is 234 g/mol. The number of benzene rings is 2. The van der Waals surface area contributed by atoms with Gasteiger partial charge in [-0.2, -0.15) is 0 Å². The van der Waals surface area contributed by atoms with Crippen LogP contribution < -0.4 is 5.73 Å². The highest BCUT2D eigenvalue weighted by Crippen LogP contribution is 2.33. The van der Waals surface area contributed by atoms with E-state index in [-0.39, 0.29) is 18.2 Å². The molecule has 0 amide bonds. The van der Waals surface area contributed by atoms with Crippen molar-refractivity contribution in [2.24, 2.45) is 0 Å². The number of aryl methyl sites for hydroxylation is 1. The first-order valence-electron chi connectivity index (χ1n) is 5.24. The molecule has 0 aliphatic heterocycles. The van der Waals surface area contributed by atoms with Gasteiger partial charge in [0.15, 0.2) is 0 Å². The lowest BCUT2D eigenvalue weighted by molar-refractivity contribution is 0.477. The standard InChI is InChI=1S/C14H15NO.ClH/c1-9-4-3-5-12(10(9)2)13-7-6-11(15)8-14(13)16;/h3-8,16H,15H2,1-2H3;1H. The van der Waals surface area contributed by atoms with Crippen LogP contribution in [0, 0.1) is 13.8 Å². The number of nitrogen functional groups attached to an aromatic ring is 1. The third-order valence-electron chi connectivity index (χ3n) is 2.92. The second-order valence-electron chi connectivity index (χ2n) is 4.02. The van der Waals surface area contributed by atoms with Crippen LogP contribution >= 0.6 is 12.4 Å². The summed E-state index contributed by atoms with van der Waals surface area (Å²) < 4.78 is 0. The first-order valence-corrected chi connectivity index (χ1v) is 5.24. The Labute approximate surface area is 108 Å². The quantitative estimate of drug-likeness (QED) is 0.758. The summed E-state index contributed by atoms with van der Waals surface area (Å²) in [5.74, 6) is 0.230. The summed E-state index contributed by atoms with van der Waals surface area (Å²) in [5, 5.41) is 9.88. The summed E-state index contributed by atoms with van der Waals surface area (Å²) in [6.45, 7) is 4.12. The van der Waals surface area contributed by atoms with Crippen molar-refractivity contribution < 1.29 is 5.11 Å². The number of phenolic OH excluding ortho intramolecular Hbond substituents is 1. The minimum absolute atomic E-state index is 0. The zero-order chi connectivity index (χ0) is 11.7. The molecule has 0 spiro atoms. The highest BCUT2D eigenvalue weighted by molar-refractivity contribution is 5.85. The molecule has 0 fully saturated rings. The second-order valence-corrected chi connectivity index (χ2v) is 4.02. The van der Waals surface area contributed by atoms with E-state index in [1.54, 1.807) is 12.1 Å². The van der Waals surface area contributed by atoms with Gasteiger partial charge in [0.2, 0.25) is 0 Å². The second kappa shape index (κ2) is 5.11. The van der Waals surface area contributed by atoms with E-state index < -0.39 is 0 Å². The minimum Gasteiger partial charge on any atom is -0.507 e. The first-order chi connectivity index (χ1) is 7.59. The van der Waals surface area contributed by atoms with Crippen LogP contribution in [0.25, 0.3) is 11.1 Å².